The predicted octanol–water partition coefficient (Wildman–Crippen LogP) is 3.78. The van der Waals surface area contributed by atoms with Gasteiger partial charge in [0, 0.05) is 12.1 Å². The van der Waals surface area contributed by atoms with Crippen LogP contribution in [-0.4, -0.2) is 13.1 Å². The molecule has 0 saturated heterocycles. The van der Waals surface area contributed by atoms with Crippen LogP contribution in [0.3, 0.4) is 0 Å². The molecule has 3 heteroatoms. The molecule has 0 aliphatic heterocycles. The maximum absolute atomic E-state index is 13.7. The molecule has 0 spiro atoms. The van der Waals surface area contributed by atoms with Gasteiger partial charge in [-0.3, -0.25) is 0 Å². The van der Waals surface area contributed by atoms with Gasteiger partial charge < -0.3 is 5.32 Å². The molecule has 1 saturated carbocycles. The van der Waals surface area contributed by atoms with Crippen molar-refractivity contribution in [1.82, 2.24) is 5.32 Å². The van der Waals surface area contributed by atoms with Gasteiger partial charge in [-0.15, -0.1) is 0 Å². The summed E-state index contributed by atoms with van der Waals surface area (Å²) in [6, 6.07) is 4.06. The highest BCUT2D eigenvalue weighted by atomic mass is 19.1. The number of hydrogen-bond donors (Lipinski definition) is 1. The molecule has 0 bridgehead atoms. The van der Waals surface area contributed by atoms with Crippen LogP contribution >= 0.6 is 0 Å². The first-order chi connectivity index (χ1) is 8.71. The van der Waals surface area contributed by atoms with Crippen LogP contribution in [0.15, 0.2) is 18.2 Å². The Labute approximate surface area is 114 Å². The molecule has 19 heavy (non-hydrogen) atoms. The average Bonchev–Trinajstić information content (AvgIpc) is 2.70. The van der Waals surface area contributed by atoms with Crippen LogP contribution in [0, 0.1) is 28.4 Å². The Balaban J connectivity index is 2.17. The van der Waals surface area contributed by atoms with E-state index in [-0.39, 0.29) is 16.9 Å². The molecule has 1 atom stereocenters. The van der Waals surface area contributed by atoms with E-state index in [1.807, 2.05) is 7.05 Å². The van der Waals surface area contributed by atoms with Gasteiger partial charge in [0.2, 0.25) is 0 Å². The lowest BCUT2D eigenvalue weighted by atomic mass is 9.96. The highest BCUT2D eigenvalue weighted by Gasteiger charge is 2.66. The van der Waals surface area contributed by atoms with Gasteiger partial charge in [-0.1, -0.05) is 33.8 Å². The largest absolute Gasteiger partial charge is 0.316 e. The van der Waals surface area contributed by atoms with E-state index in [0.29, 0.717) is 17.9 Å². The zero-order valence-electron chi connectivity index (χ0n) is 12.3. The summed E-state index contributed by atoms with van der Waals surface area (Å²) in [5, 5.41) is 3.31. The van der Waals surface area contributed by atoms with Crippen molar-refractivity contribution in [2.24, 2.45) is 16.7 Å². The third kappa shape index (κ3) is 2.29. The number of halogens is 2. The highest BCUT2D eigenvalue weighted by Crippen LogP contribution is 2.69. The van der Waals surface area contributed by atoms with E-state index in [4.69, 9.17) is 0 Å². The number of rotatable bonds is 4. The fourth-order valence-electron chi connectivity index (χ4n) is 3.56. The van der Waals surface area contributed by atoms with E-state index >= 15 is 0 Å². The summed E-state index contributed by atoms with van der Waals surface area (Å²) >= 11 is 0. The molecule has 1 nitrogen and oxygen atoms in total. The van der Waals surface area contributed by atoms with Crippen molar-refractivity contribution >= 4 is 0 Å². The first kappa shape index (κ1) is 14.4. The number of hydrogen-bond acceptors (Lipinski definition) is 1. The Hall–Kier alpha value is -0.960. The molecular formula is C16H23F2N. The summed E-state index contributed by atoms with van der Waals surface area (Å²) < 4.78 is 26.7. The molecule has 2 rings (SSSR count). The summed E-state index contributed by atoms with van der Waals surface area (Å²) in [7, 11) is 1.91. The first-order valence-corrected chi connectivity index (χ1v) is 6.83. The standard InChI is InChI=1S/C16H23F2N/c1-15(2)14(16(15,3)4)13(19-5)8-10-6-7-11(17)9-12(10)18/h6-7,9,13-14,19H,8H2,1-5H3. The lowest BCUT2D eigenvalue weighted by Crippen LogP contribution is -2.32. The molecule has 1 aromatic carbocycles. The van der Waals surface area contributed by atoms with Gasteiger partial charge in [-0.25, -0.2) is 8.78 Å². The van der Waals surface area contributed by atoms with Gasteiger partial charge in [0.15, 0.2) is 0 Å². The van der Waals surface area contributed by atoms with Crippen LogP contribution < -0.4 is 5.32 Å². The van der Waals surface area contributed by atoms with E-state index in [9.17, 15) is 8.78 Å². The molecule has 1 fully saturated rings. The van der Waals surface area contributed by atoms with Gasteiger partial charge in [0.1, 0.15) is 11.6 Å². The third-order valence-electron chi connectivity index (χ3n) is 5.36. The third-order valence-corrected chi connectivity index (χ3v) is 5.36. The van der Waals surface area contributed by atoms with Crippen molar-refractivity contribution in [3.05, 3.63) is 35.4 Å². The quantitative estimate of drug-likeness (QED) is 0.875. The van der Waals surface area contributed by atoms with Crippen LogP contribution in [0.4, 0.5) is 8.78 Å². The smallest absolute Gasteiger partial charge is 0.129 e. The van der Waals surface area contributed by atoms with Crippen LogP contribution in [-0.2, 0) is 6.42 Å². The minimum absolute atomic E-state index is 0.213. The van der Waals surface area contributed by atoms with Gasteiger partial charge in [-0.05, 0) is 41.8 Å². The Morgan fingerprint density at radius 1 is 1.16 bits per heavy atom. The van der Waals surface area contributed by atoms with E-state index in [0.717, 1.165) is 6.07 Å². The monoisotopic (exact) mass is 267 g/mol. The Morgan fingerprint density at radius 3 is 2.16 bits per heavy atom. The minimum Gasteiger partial charge on any atom is -0.316 e. The summed E-state index contributed by atoms with van der Waals surface area (Å²) in [5.41, 5.74) is 1.08. The van der Waals surface area contributed by atoms with E-state index in [2.05, 4.69) is 33.0 Å². The fraction of sp³-hybridized carbons (Fsp3) is 0.625. The number of likely N-dealkylation sites (N-methyl/N-ethyl adjacent to an activating group) is 1. The molecule has 0 aromatic heterocycles. The Kier molecular flexibility index (Phi) is 3.46. The van der Waals surface area contributed by atoms with E-state index < -0.39 is 11.6 Å². The normalized spacial score (nSPS) is 22.3. The molecule has 0 amide bonds. The second kappa shape index (κ2) is 4.55. The zero-order valence-corrected chi connectivity index (χ0v) is 12.3. The molecule has 1 unspecified atom stereocenters. The SMILES string of the molecule is CNC(Cc1ccc(F)cc1F)C1C(C)(C)C1(C)C. The molecule has 0 heterocycles. The van der Waals surface area contributed by atoms with Crippen LogP contribution in [0.25, 0.3) is 0 Å². The van der Waals surface area contributed by atoms with Crippen molar-refractivity contribution in [2.75, 3.05) is 7.05 Å². The number of benzene rings is 1. The minimum atomic E-state index is -0.519. The van der Waals surface area contributed by atoms with Crippen LogP contribution in [0.5, 0.6) is 0 Å². The summed E-state index contributed by atoms with van der Waals surface area (Å²) in [6.45, 7) is 9.01. The van der Waals surface area contributed by atoms with Crippen LogP contribution in [0.2, 0.25) is 0 Å². The van der Waals surface area contributed by atoms with Crippen molar-refractivity contribution in [3.8, 4) is 0 Å². The molecule has 0 radical (unpaired) electrons. The molecule has 1 aliphatic carbocycles. The molecule has 1 aromatic rings. The molecular weight excluding hydrogens is 244 g/mol. The van der Waals surface area contributed by atoms with Crippen LogP contribution in [0.1, 0.15) is 33.3 Å². The van der Waals surface area contributed by atoms with Gasteiger partial charge >= 0.3 is 0 Å². The maximum atomic E-state index is 13.7. The fourth-order valence-corrected chi connectivity index (χ4v) is 3.56. The summed E-state index contributed by atoms with van der Waals surface area (Å²) in [5.74, 6) is -0.472. The lowest BCUT2D eigenvalue weighted by molar-refractivity contribution is 0.414. The van der Waals surface area contributed by atoms with Crippen molar-refractivity contribution in [3.63, 3.8) is 0 Å². The average molecular weight is 267 g/mol. The zero-order chi connectivity index (χ0) is 14.4. The number of nitrogens with one attached hydrogen (secondary N) is 1. The Bertz CT molecular complexity index is 466. The van der Waals surface area contributed by atoms with Gasteiger partial charge in [0.25, 0.3) is 0 Å². The highest BCUT2D eigenvalue weighted by molar-refractivity contribution is 5.23. The van der Waals surface area contributed by atoms with E-state index in [1.165, 1.54) is 6.07 Å². The second-order valence-electron chi connectivity index (χ2n) is 6.76. The maximum Gasteiger partial charge on any atom is 0.129 e. The van der Waals surface area contributed by atoms with Gasteiger partial charge in [0.05, 0.1) is 0 Å². The Morgan fingerprint density at radius 2 is 1.74 bits per heavy atom. The topological polar surface area (TPSA) is 12.0 Å². The molecule has 1 aliphatic rings. The van der Waals surface area contributed by atoms with Crippen molar-refractivity contribution < 1.29 is 8.78 Å². The summed E-state index contributed by atoms with van der Waals surface area (Å²) in [6.07, 6.45) is 0.597. The first-order valence-electron chi connectivity index (χ1n) is 6.83. The summed E-state index contributed by atoms with van der Waals surface area (Å²) in [4.78, 5) is 0. The van der Waals surface area contributed by atoms with Crippen molar-refractivity contribution in [2.45, 2.75) is 40.2 Å². The van der Waals surface area contributed by atoms with Crippen molar-refractivity contribution in [1.29, 1.82) is 0 Å². The predicted molar refractivity (Wildman–Crippen MR) is 74.0 cm³/mol. The van der Waals surface area contributed by atoms with Gasteiger partial charge in [-0.2, -0.15) is 0 Å². The van der Waals surface area contributed by atoms with E-state index in [1.54, 1.807) is 6.07 Å². The molecule has 1 N–H and O–H groups in total. The second-order valence-corrected chi connectivity index (χ2v) is 6.76. The molecule has 106 valence electrons. The lowest BCUT2D eigenvalue weighted by Gasteiger charge is -2.19.